The normalized spacial score (nSPS) is 15.0. The molecule has 0 radical (unpaired) electrons. The van der Waals surface area contributed by atoms with Crippen molar-refractivity contribution in [1.29, 1.82) is 0 Å². The zero-order valence-corrected chi connectivity index (χ0v) is 10.6. The summed E-state index contributed by atoms with van der Waals surface area (Å²) in [6.07, 6.45) is 1.24. The van der Waals surface area contributed by atoms with Crippen molar-refractivity contribution in [2.24, 2.45) is 5.92 Å². The van der Waals surface area contributed by atoms with E-state index >= 15 is 0 Å². The van der Waals surface area contributed by atoms with E-state index in [-0.39, 0.29) is 17.8 Å². The topological polar surface area (TPSA) is 20.2 Å². The van der Waals surface area contributed by atoms with Gasteiger partial charge in [-0.15, -0.1) is 0 Å². The molecule has 15 heavy (non-hydrogen) atoms. The van der Waals surface area contributed by atoms with Crippen molar-refractivity contribution >= 4 is 15.9 Å². The molecule has 0 aliphatic carbocycles. The number of hydrogen-bond acceptors (Lipinski definition) is 1. The van der Waals surface area contributed by atoms with Crippen LogP contribution in [0.15, 0.2) is 22.7 Å². The summed E-state index contributed by atoms with van der Waals surface area (Å²) in [5.74, 6) is -0.0465. The smallest absolute Gasteiger partial charge is 0.137 e. The van der Waals surface area contributed by atoms with Gasteiger partial charge in [0.2, 0.25) is 0 Å². The second-order valence-corrected chi connectivity index (χ2v) is 4.76. The molecule has 0 fully saturated rings. The minimum Gasteiger partial charge on any atom is -0.393 e. The van der Waals surface area contributed by atoms with E-state index < -0.39 is 0 Å². The van der Waals surface area contributed by atoms with Crippen LogP contribution in [-0.4, -0.2) is 11.2 Å². The van der Waals surface area contributed by atoms with E-state index in [1.165, 1.54) is 6.07 Å². The Bertz CT molecular complexity index is 327. The van der Waals surface area contributed by atoms with Crippen molar-refractivity contribution in [3.63, 3.8) is 0 Å². The van der Waals surface area contributed by atoms with E-state index in [4.69, 9.17) is 0 Å². The van der Waals surface area contributed by atoms with Crippen LogP contribution in [0.2, 0.25) is 0 Å². The second-order valence-electron chi connectivity index (χ2n) is 3.91. The monoisotopic (exact) mass is 274 g/mol. The molecule has 1 aromatic carbocycles. The Balaban J connectivity index is 2.68. The average Bonchev–Trinajstić information content (AvgIpc) is 2.22. The number of halogens is 2. The molecule has 1 nitrogen and oxygen atoms in total. The molecule has 0 aliphatic heterocycles. The molecule has 1 rings (SSSR count). The Morgan fingerprint density at radius 1 is 1.47 bits per heavy atom. The summed E-state index contributed by atoms with van der Waals surface area (Å²) in [6, 6.07) is 4.98. The van der Waals surface area contributed by atoms with Gasteiger partial charge >= 0.3 is 0 Å². The molecule has 0 aromatic heterocycles. The maximum absolute atomic E-state index is 13.0. The molecule has 0 saturated heterocycles. The molecular weight excluding hydrogens is 259 g/mol. The minimum atomic E-state index is -0.283. The standard InChI is InChI=1S/C12H16BrFO/c1-3-12(15)8(2)6-9-4-5-11(14)10(13)7-9/h4-5,7-8,12,15H,3,6H2,1-2H3. The van der Waals surface area contributed by atoms with Gasteiger partial charge in [-0.3, -0.25) is 0 Å². The maximum atomic E-state index is 13.0. The zero-order chi connectivity index (χ0) is 11.4. The zero-order valence-electron chi connectivity index (χ0n) is 9.00. The van der Waals surface area contributed by atoms with E-state index in [1.54, 1.807) is 12.1 Å². The lowest BCUT2D eigenvalue weighted by molar-refractivity contribution is 0.113. The van der Waals surface area contributed by atoms with Gasteiger partial charge in [0.05, 0.1) is 10.6 Å². The Morgan fingerprint density at radius 3 is 2.67 bits per heavy atom. The van der Waals surface area contributed by atoms with Crippen LogP contribution < -0.4 is 0 Å². The lowest BCUT2D eigenvalue weighted by Crippen LogP contribution is -2.18. The average molecular weight is 275 g/mol. The van der Waals surface area contributed by atoms with Gasteiger partial charge in [-0.25, -0.2) is 4.39 Å². The second kappa shape index (κ2) is 5.61. The fraction of sp³-hybridized carbons (Fsp3) is 0.500. The first-order chi connectivity index (χ1) is 7.04. The van der Waals surface area contributed by atoms with Crippen molar-refractivity contribution in [2.45, 2.75) is 32.8 Å². The Morgan fingerprint density at radius 2 is 2.13 bits per heavy atom. The Hall–Kier alpha value is -0.410. The molecule has 3 heteroatoms. The summed E-state index contributed by atoms with van der Waals surface area (Å²) in [5.41, 5.74) is 1.04. The first kappa shape index (κ1) is 12.7. The molecule has 84 valence electrons. The van der Waals surface area contributed by atoms with Gasteiger partial charge in [-0.1, -0.05) is 19.9 Å². The highest BCUT2D eigenvalue weighted by Gasteiger charge is 2.13. The molecule has 0 heterocycles. The third-order valence-electron chi connectivity index (χ3n) is 2.62. The van der Waals surface area contributed by atoms with Gasteiger partial charge in [-0.05, 0) is 52.4 Å². The summed E-state index contributed by atoms with van der Waals surface area (Å²) < 4.78 is 13.4. The number of hydrogen-bond donors (Lipinski definition) is 1. The van der Waals surface area contributed by atoms with Crippen LogP contribution in [-0.2, 0) is 6.42 Å². The summed E-state index contributed by atoms with van der Waals surface area (Å²) >= 11 is 3.15. The highest BCUT2D eigenvalue weighted by Crippen LogP contribution is 2.20. The fourth-order valence-electron chi connectivity index (χ4n) is 1.58. The van der Waals surface area contributed by atoms with E-state index in [0.29, 0.717) is 4.47 Å². The van der Waals surface area contributed by atoms with Gasteiger partial charge in [0.25, 0.3) is 0 Å². The van der Waals surface area contributed by atoms with Gasteiger partial charge in [0.15, 0.2) is 0 Å². The first-order valence-corrected chi connectivity index (χ1v) is 5.96. The molecule has 0 bridgehead atoms. The molecule has 2 atom stereocenters. The third-order valence-corrected chi connectivity index (χ3v) is 3.22. The molecule has 0 amide bonds. The van der Waals surface area contributed by atoms with Gasteiger partial charge in [0, 0.05) is 0 Å². The quantitative estimate of drug-likeness (QED) is 0.891. The SMILES string of the molecule is CCC(O)C(C)Cc1ccc(F)c(Br)c1. The maximum Gasteiger partial charge on any atom is 0.137 e. The molecule has 1 aromatic rings. The largest absolute Gasteiger partial charge is 0.393 e. The Labute approximate surface area is 98.4 Å². The lowest BCUT2D eigenvalue weighted by atomic mass is 9.94. The highest BCUT2D eigenvalue weighted by atomic mass is 79.9. The fourth-order valence-corrected chi connectivity index (χ4v) is 2.00. The molecule has 0 saturated carbocycles. The van der Waals surface area contributed by atoms with Crippen LogP contribution in [0.3, 0.4) is 0 Å². The first-order valence-electron chi connectivity index (χ1n) is 5.16. The van der Waals surface area contributed by atoms with Crippen molar-refractivity contribution in [3.8, 4) is 0 Å². The van der Waals surface area contributed by atoms with Crippen LogP contribution >= 0.6 is 15.9 Å². The van der Waals surface area contributed by atoms with Crippen molar-refractivity contribution in [2.75, 3.05) is 0 Å². The number of benzene rings is 1. The minimum absolute atomic E-state index is 0.201. The van der Waals surface area contributed by atoms with E-state index in [2.05, 4.69) is 15.9 Å². The molecule has 2 unspecified atom stereocenters. The lowest BCUT2D eigenvalue weighted by Gasteiger charge is -2.17. The Kier molecular flexibility index (Phi) is 4.74. The molecular formula is C12H16BrFO. The predicted octanol–water partition coefficient (Wildman–Crippen LogP) is 3.54. The van der Waals surface area contributed by atoms with Crippen molar-refractivity contribution in [3.05, 3.63) is 34.1 Å². The molecule has 0 spiro atoms. The number of aliphatic hydroxyl groups excluding tert-OH is 1. The van der Waals surface area contributed by atoms with Gasteiger partial charge < -0.3 is 5.11 Å². The summed E-state index contributed by atoms with van der Waals surface area (Å²) in [5, 5.41) is 9.63. The van der Waals surface area contributed by atoms with Crippen LogP contribution in [0.5, 0.6) is 0 Å². The van der Waals surface area contributed by atoms with Crippen molar-refractivity contribution < 1.29 is 9.50 Å². The molecule has 1 N–H and O–H groups in total. The van der Waals surface area contributed by atoms with Gasteiger partial charge in [0.1, 0.15) is 5.82 Å². The van der Waals surface area contributed by atoms with Gasteiger partial charge in [-0.2, -0.15) is 0 Å². The molecule has 0 aliphatic rings. The van der Waals surface area contributed by atoms with Crippen LogP contribution in [0.1, 0.15) is 25.8 Å². The predicted molar refractivity (Wildman–Crippen MR) is 63.3 cm³/mol. The van der Waals surface area contributed by atoms with E-state index in [1.807, 2.05) is 13.8 Å². The van der Waals surface area contributed by atoms with E-state index in [9.17, 15) is 9.50 Å². The third kappa shape index (κ3) is 3.58. The summed E-state index contributed by atoms with van der Waals surface area (Å²) in [4.78, 5) is 0. The van der Waals surface area contributed by atoms with Crippen LogP contribution in [0.4, 0.5) is 4.39 Å². The number of rotatable bonds is 4. The van der Waals surface area contributed by atoms with E-state index in [0.717, 1.165) is 18.4 Å². The van der Waals surface area contributed by atoms with Crippen LogP contribution in [0, 0.1) is 11.7 Å². The highest BCUT2D eigenvalue weighted by molar-refractivity contribution is 9.10. The van der Waals surface area contributed by atoms with Crippen LogP contribution in [0.25, 0.3) is 0 Å². The van der Waals surface area contributed by atoms with Crippen molar-refractivity contribution in [1.82, 2.24) is 0 Å². The summed E-state index contributed by atoms with van der Waals surface area (Å²) in [6.45, 7) is 3.97. The number of aliphatic hydroxyl groups is 1. The summed E-state index contributed by atoms with van der Waals surface area (Å²) in [7, 11) is 0.